The van der Waals surface area contributed by atoms with E-state index in [1.807, 2.05) is 0 Å². The fourth-order valence-electron chi connectivity index (χ4n) is 3.64. The average molecular weight is 462 g/mol. The summed E-state index contributed by atoms with van der Waals surface area (Å²) in [6, 6.07) is 14.8. The fraction of sp³-hybridized carbons (Fsp3) is 0.160. The molecular weight excluding hydrogens is 439 g/mol. The molecular formula is C25H23FN4O4. The van der Waals surface area contributed by atoms with E-state index in [9.17, 15) is 14.0 Å². The number of hydrogen-bond donors (Lipinski definition) is 2. The first-order valence-corrected chi connectivity index (χ1v) is 10.4. The van der Waals surface area contributed by atoms with Gasteiger partial charge in [0.05, 0.1) is 31.8 Å². The van der Waals surface area contributed by atoms with Crippen molar-refractivity contribution < 1.29 is 23.5 Å². The first kappa shape index (κ1) is 22.8. The van der Waals surface area contributed by atoms with E-state index in [0.29, 0.717) is 33.6 Å². The molecule has 34 heavy (non-hydrogen) atoms. The monoisotopic (exact) mass is 462 g/mol. The van der Waals surface area contributed by atoms with Gasteiger partial charge in [-0.05, 0) is 36.4 Å². The van der Waals surface area contributed by atoms with Crippen LogP contribution in [0.5, 0.6) is 5.75 Å². The van der Waals surface area contributed by atoms with Gasteiger partial charge >= 0.3 is 5.97 Å². The minimum absolute atomic E-state index is 0.151. The van der Waals surface area contributed by atoms with E-state index in [4.69, 9.17) is 9.47 Å². The summed E-state index contributed by atoms with van der Waals surface area (Å²) in [7, 11) is 4.47. The molecule has 1 amide bonds. The molecule has 0 aliphatic carbocycles. The third-order valence-electron chi connectivity index (χ3n) is 5.44. The predicted molar refractivity (Wildman–Crippen MR) is 127 cm³/mol. The number of carbonyl (C=O) groups is 2. The van der Waals surface area contributed by atoms with E-state index in [1.165, 1.54) is 13.2 Å². The molecule has 0 saturated carbocycles. The molecule has 0 aliphatic rings. The average Bonchev–Trinajstić information content (AvgIpc) is 3.13. The molecule has 2 aromatic heterocycles. The van der Waals surface area contributed by atoms with Gasteiger partial charge in [-0.15, -0.1) is 0 Å². The normalized spacial score (nSPS) is 10.7. The minimum atomic E-state index is -0.619. The Bertz CT molecular complexity index is 1370. The number of nitrogens with one attached hydrogen (secondary N) is 2. The molecule has 9 heteroatoms. The lowest BCUT2D eigenvalue weighted by Gasteiger charge is -2.09. The highest BCUT2D eigenvalue weighted by molar-refractivity contribution is 6.14. The number of hydrogen-bond acceptors (Lipinski definition) is 6. The fourth-order valence-corrected chi connectivity index (χ4v) is 3.64. The van der Waals surface area contributed by atoms with E-state index >= 15 is 0 Å². The van der Waals surface area contributed by atoms with Gasteiger partial charge < -0.3 is 24.7 Å². The van der Waals surface area contributed by atoms with Gasteiger partial charge in [0, 0.05) is 30.1 Å². The molecule has 0 atom stereocenters. The number of aryl methyl sites for hydroxylation is 1. The number of nitrogens with zero attached hydrogens (tertiary/aromatic N) is 2. The Morgan fingerprint density at radius 2 is 1.82 bits per heavy atom. The molecule has 8 nitrogen and oxygen atoms in total. The lowest BCUT2D eigenvalue weighted by atomic mass is 10.1. The molecule has 0 fully saturated rings. The van der Waals surface area contributed by atoms with Gasteiger partial charge in [0.2, 0.25) is 0 Å². The summed E-state index contributed by atoms with van der Waals surface area (Å²) in [5.41, 5.74) is 2.37. The second kappa shape index (κ2) is 9.62. The van der Waals surface area contributed by atoms with E-state index < -0.39 is 11.9 Å². The minimum Gasteiger partial charge on any atom is -0.497 e. The Balaban J connectivity index is 1.71. The van der Waals surface area contributed by atoms with Crippen LogP contribution in [-0.2, 0) is 18.3 Å². The molecule has 4 rings (SSSR count). The van der Waals surface area contributed by atoms with Crippen molar-refractivity contribution in [3.8, 4) is 5.75 Å². The van der Waals surface area contributed by atoms with Crippen LogP contribution in [0.1, 0.15) is 26.4 Å². The van der Waals surface area contributed by atoms with Crippen molar-refractivity contribution in [2.24, 2.45) is 7.05 Å². The van der Waals surface area contributed by atoms with E-state index in [-0.39, 0.29) is 23.7 Å². The first-order chi connectivity index (χ1) is 16.4. The lowest BCUT2D eigenvalue weighted by Crippen LogP contribution is -2.16. The highest BCUT2D eigenvalue weighted by Gasteiger charge is 2.25. The van der Waals surface area contributed by atoms with Gasteiger partial charge in [-0.3, -0.25) is 4.79 Å². The predicted octanol–water partition coefficient (Wildman–Crippen LogP) is 4.37. The largest absolute Gasteiger partial charge is 0.497 e. The summed E-state index contributed by atoms with van der Waals surface area (Å²) in [6.45, 7) is 0.240. The number of methoxy groups -OCH3 is 2. The molecule has 0 radical (unpaired) electrons. The number of aromatic nitrogens is 2. The molecule has 2 aromatic carbocycles. The summed E-state index contributed by atoms with van der Waals surface area (Å²) in [5, 5.41) is 6.49. The number of ether oxygens (including phenoxy) is 2. The zero-order chi connectivity index (χ0) is 24.2. The van der Waals surface area contributed by atoms with Crippen LogP contribution in [0.2, 0.25) is 0 Å². The molecule has 2 N–H and O–H groups in total. The van der Waals surface area contributed by atoms with Crippen LogP contribution >= 0.6 is 0 Å². The van der Waals surface area contributed by atoms with Gasteiger partial charge in [0.15, 0.2) is 5.69 Å². The standard InChI is InChI=1S/C25H23FN4O4/c1-30-22(25(32)34-3)21(29-24(31)15-8-10-18(33-2)11-9-15)19-12-17(14-28-23(19)30)27-13-16-6-4-5-7-20(16)26/h4-12,14,27H,13H2,1-3H3,(H,29,31). The van der Waals surface area contributed by atoms with Crippen LogP contribution in [0.3, 0.4) is 0 Å². The summed E-state index contributed by atoms with van der Waals surface area (Å²) in [4.78, 5) is 30.0. The van der Waals surface area contributed by atoms with Crippen molar-refractivity contribution in [3.05, 3.63) is 83.4 Å². The third-order valence-corrected chi connectivity index (χ3v) is 5.44. The van der Waals surface area contributed by atoms with E-state index in [0.717, 1.165) is 0 Å². The lowest BCUT2D eigenvalue weighted by molar-refractivity contribution is 0.0591. The molecule has 0 spiro atoms. The number of amides is 1. The molecule has 0 aliphatic heterocycles. The SMILES string of the molecule is COC(=O)c1c(NC(=O)c2ccc(OC)cc2)c2cc(NCc3ccccc3F)cnc2n1C. The molecule has 0 bridgehead atoms. The van der Waals surface area contributed by atoms with Crippen molar-refractivity contribution in [2.45, 2.75) is 6.54 Å². The van der Waals surface area contributed by atoms with Gasteiger partial charge in [0.25, 0.3) is 5.91 Å². The van der Waals surface area contributed by atoms with Crippen molar-refractivity contribution in [1.29, 1.82) is 0 Å². The second-order valence-electron chi connectivity index (χ2n) is 7.50. The Kier molecular flexibility index (Phi) is 6.44. The molecule has 174 valence electrons. The number of carbonyl (C=O) groups excluding carboxylic acids is 2. The third kappa shape index (κ3) is 4.40. The van der Waals surface area contributed by atoms with Crippen molar-refractivity contribution >= 4 is 34.3 Å². The highest BCUT2D eigenvalue weighted by Crippen LogP contribution is 2.32. The van der Waals surface area contributed by atoms with Crippen molar-refractivity contribution in [1.82, 2.24) is 9.55 Å². The van der Waals surface area contributed by atoms with E-state index in [2.05, 4.69) is 15.6 Å². The zero-order valence-electron chi connectivity index (χ0n) is 18.9. The van der Waals surface area contributed by atoms with Crippen molar-refractivity contribution in [2.75, 3.05) is 24.9 Å². The first-order valence-electron chi connectivity index (χ1n) is 10.4. The van der Waals surface area contributed by atoms with Crippen LogP contribution in [0, 0.1) is 5.82 Å². The highest BCUT2D eigenvalue weighted by atomic mass is 19.1. The summed E-state index contributed by atoms with van der Waals surface area (Å²) >= 11 is 0. The number of pyridine rings is 1. The quantitative estimate of drug-likeness (QED) is 0.396. The molecule has 4 aromatic rings. The number of rotatable bonds is 7. The van der Waals surface area contributed by atoms with Crippen LogP contribution in [0.4, 0.5) is 15.8 Å². The van der Waals surface area contributed by atoms with Gasteiger partial charge in [0.1, 0.15) is 17.2 Å². The van der Waals surface area contributed by atoms with Crippen LogP contribution in [0.15, 0.2) is 60.8 Å². The topological polar surface area (TPSA) is 94.5 Å². The Morgan fingerprint density at radius 3 is 2.50 bits per heavy atom. The van der Waals surface area contributed by atoms with Crippen LogP contribution in [-0.4, -0.2) is 35.6 Å². The number of esters is 1. The van der Waals surface area contributed by atoms with Crippen LogP contribution < -0.4 is 15.4 Å². The summed E-state index contributed by atoms with van der Waals surface area (Å²) in [6.07, 6.45) is 1.58. The number of halogens is 1. The Labute approximate surface area is 195 Å². The maximum absolute atomic E-state index is 14.0. The Morgan fingerprint density at radius 1 is 1.09 bits per heavy atom. The molecule has 0 saturated heterocycles. The van der Waals surface area contributed by atoms with E-state index in [1.54, 1.807) is 73.5 Å². The maximum Gasteiger partial charge on any atom is 0.356 e. The molecule has 0 unspecified atom stereocenters. The number of anilines is 2. The number of fused-ring (bicyclic) bond motifs is 1. The number of benzene rings is 2. The van der Waals surface area contributed by atoms with Gasteiger partial charge in [-0.25, -0.2) is 14.2 Å². The maximum atomic E-state index is 14.0. The van der Waals surface area contributed by atoms with Crippen molar-refractivity contribution in [3.63, 3.8) is 0 Å². The van der Waals surface area contributed by atoms with Gasteiger partial charge in [-0.1, -0.05) is 18.2 Å². The smallest absolute Gasteiger partial charge is 0.356 e. The van der Waals surface area contributed by atoms with Gasteiger partial charge in [-0.2, -0.15) is 0 Å². The summed E-state index contributed by atoms with van der Waals surface area (Å²) in [5.74, 6) is -0.729. The Hall–Kier alpha value is -4.40. The summed E-state index contributed by atoms with van der Waals surface area (Å²) < 4.78 is 25.6. The zero-order valence-corrected chi connectivity index (χ0v) is 18.9. The van der Waals surface area contributed by atoms with Crippen LogP contribution in [0.25, 0.3) is 11.0 Å². The molecule has 2 heterocycles. The second-order valence-corrected chi connectivity index (χ2v) is 7.50.